The molecule has 0 spiro atoms. The molecule has 1 atom stereocenters. The first-order chi connectivity index (χ1) is 18.3. The largest absolute Gasteiger partial charge is 0.489 e. The lowest BCUT2D eigenvalue weighted by Gasteiger charge is -2.40. The van der Waals surface area contributed by atoms with E-state index >= 15 is 0 Å². The molecule has 0 radical (unpaired) electrons. The van der Waals surface area contributed by atoms with Crippen LogP contribution in [-0.2, 0) is 11.4 Å². The third-order valence-electron chi connectivity index (χ3n) is 7.22. The quantitative estimate of drug-likeness (QED) is 0.425. The zero-order chi connectivity index (χ0) is 27.0. The van der Waals surface area contributed by atoms with Crippen molar-refractivity contribution in [2.24, 2.45) is 5.73 Å². The third-order valence-corrected chi connectivity index (χ3v) is 7.22. The molecule has 0 fully saturated rings. The number of carbonyl (C=O) groups excluding carboxylic acids is 1. The van der Waals surface area contributed by atoms with Gasteiger partial charge in [-0.05, 0) is 91.9 Å². The second-order valence-electron chi connectivity index (χ2n) is 9.67. The molecule has 38 heavy (non-hydrogen) atoms. The van der Waals surface area contributed by atoms with E-state index in [2.05, 4.69) is 6.07 Å². The summed E-state index contributed by atoms with van der Waals surface area (Å²) in [6, 6.07) is 18.0. The number of aryl methyl sites for hydroxylation is 1. The number of nitrogens with two attached hydrogens (primary N) is 1. The third kappa shape index (κ3) is 4.54. The van der Waals surface area contributed by atoms with Crippen LogP contribution in [0.1, 0.15) is 47.4 Å². The van der Waals surface area contributed by atoms with Crippen molar-refractivity contribution in [3.05, 3.63) is 117 Å². The highest BCUT2D eigenvalue weighted by Crippen LogP contribution is 2.47. The van der Waals surface area contributed by atoms with Gasteiger partial charge in [0.25, 0.3) is 0 Å². The molecular formula is C31H27F2N3O2. The molecular weight excluding hydrogens is 484 g/mol. The summed E-state index contributed by atoms with van der Waals surface area (Å²) < 4.78 is 32.9. The first-order valence-corrected chi connectivity index (χ1v) is 12.5. The van der Waals surface area contributed by atoms with Crippen LogP contribution in [0.15, 0.2) is 83.3 Å². The van der Waals surface area contributed by atoms with Gasteiger partial charge in [0.1, 0.15) is 29.8 Å². The second kappa shape index (κ2) is 10.1. The summed E-state index contributed by atoms with van der Waals surface area (Å²) in [7, 11) is 0. The number of nitrogens with zero attached hydrogens (tertiary/aromatic N) is 2. The monoisotopic (exact) mass is 511 g/mol. The van der Waals surface area contributed by atoms with Gasteiger partial charge in [-0.3, -0.25) is 9.69 Å². The number of nitriles is 1. The van der Waals surface area contributed by atoms with Crippen LogP contribution in [-0.4, -0.2) is 5.78 Å². The molecule has 0 aromatic heterocycles. The fourth-order valence-electron chi connectivity index (χ4n) is 5.39. The number of hydrogen-bond acceptors (Lipinski definition) is 5. The van der Waals surface area contributed by atoms with Crippen molar-refractivity contribution >= 4 is 11.5 Å². The van der Waals surface area contributed by atoms with Gasteiger partial charge in [0.15, 0.2) is 5.78 Å². The molecule has 5 rings (SSSR count). The van der Waals surface area contributed by atoms with Gasteiger partial charge in [0.2, 0.25) is 0 Å². The highest BCUT2D eigenvalue weighted by atomic mass is 19.1. The molecule has 1 heterocycles. The molecule has 0 amide bonds. The van der Waals surface area contributed by atoms with Crippen molar-refractivity contribution in [2.75, 3.05) is 4.90 Å². The van der Waals surface area contributed by atoms with E-state index in [1.54, 1.807) is 29.2 Å². The Bertz CT molecular complexity index is 1520. The molecule has 7 heteroatoms. The number of halogens is 2. The van der Waals surface area contributed by atoms with Crippen molar-refractivity contribution in [1.29, 1.82) is 5.26 Å². The molecule has 1 unspecified atom stereocenters. The van der Waals surface area contributed by atoms with E-state index in [9.17, 15) is 18.8 Å². The standard InChI is InChI=1S/C31H27F2N3O2/c1-18-14-20(17-38-24-12-8-22(33)9-13-24)19(2)25(15-18)29-26(16-34)31(35)36(23-10-6-21(32)7-11-23)27-4-3-5-28(37)30(27)29/h6-15,29H,3-5,17,35H2,1-2H3. The molecule has 1 aliphatic heterocycles. The maximum absolute atomic E-state index is 13.7. The van der Waals surface area contributed by atoms with Crippen LogP contribution in [0.2, 0.25) is 0 Å². The van der Waals surface area contributed by atoms with Gasteiger partial charge in [-0.25, -0.2) is 8.78 Å². The normalized spacial score (nSPS) is 17.4. The van der Waals surface area contributed by atoms with Gasteiger partial charge in [-0.2, -0.15) is 5.26 Å². The van der Waals surface area contributed by atoms with Crippen LogP contribution in [0.25, 0.3) is 0 Å². The van der Waals surface area contributed by atoms with Gasteiger partial charge in [-0.15, -0.1) is 0 Å². The number of benzene rings is 3. The van der Waals surface area contributed by atoms with Crippen molar-refractivity contribution in [1.82, 2.24) is 0 Å². The Morgan fingerprint density at radius 1 is 1.03 bits per heavy atom. The van der Waals surface area contributed by atoms with E-state index in [4.69, 9.17) is 10.5 Å². The minimum Gasteiger partial charge on any atom is -0.489 e. The molecule has 0 bridgehead atoms. The molecule has 2 aliphatic rings. The predicted octanol–water partition coefficient (Wildman–Crippen LogP) is 6.47. The molecule has 3 aromatic carbocycles. The Labute approximate surface area is 220 Å². The Hall–Kier alpha value is -4.44. The molecule has 0 saturated heterocycles. The maximum atomic E-state index is 13.7. The van der Waals surface area contributed by atoms with Crippen molar-refractivity contribution < 1.29 is 18.3 Å². The highest BCUT2D eigenvalue weighted by molar-refractivity contribution is 6.01. The maximum Gasteiger partial charge on any atom is 0.161 e. The lowest BCUT2D eigenvalue weighted by Crippen LogP contribution is -2.39. The number of carbonyl (C=O) groups is 1. The number of hydrogen-bond donors (Lipinski definition) is 1. The first-order valence-electron chi connectivity index (χ1n) is 12.5. The van der Waals surface area contributed by atoms with E-state index in [0.29, 0.717) is 36.3 Å². The highest BCUT2D eigenvalue weighted by Gasteiger charge is 2.41. The fourth-order valence-corrected chi connectivity index (χ4v) is 5.39. The second-order valence-corrected chi connectivity index (χ2v) is 9.67. The van der Waals surface area contributed by atoms with Crippen LogP contribution >= 0.6 is 0 Å². The number of allylic oxidation sites excluding steroid dienone is 3. The zero-order valence-electron chi connectivity index (χ0n) is 21.2. The van der Waals surface area contributed by atoms with Gasteiger partial charge in [0.05, 0.1) is 17.6 Å². The molecule has 5 nitrogen and oxygen atoms in total. The topological polar surface area (TPSA) is 79.3 Å². The molecule has 1 aliphatic carbocycles. The summed E-state index contributed by atoms with van der Waals surface area (Å²) in [6.07, 6.45) is 1.66. The number of ether oxygens (including phenoxy) is 1. The van der Waals surface area contributed by atoms with E-state index in [0.717, 1.165) is 28.0 Å². The van der Waals surface area contributed by atoms with Gasteiger partial charge in [0, 0.05) is 23.4 Å². The van der Waals surface area contributed by atoms with Crippen LogP contribution in [0.5, 0.6) is 5.75 Å². The number of Topliss-reactive ketones (excluding diaryl/α,β-unsaturated/α-hetero) is 1. The van der Waals surface area contributed by atoms with Crippen molar-refractivity contribution in [2.45, 2.75) is 45.6 Å². The first kappa shape index (κ1) is 25.2. The number of anilines is 1. The molecule has 3 aromatic rings. The van der Waals surface area contributed by atoms with Crippen molar-refractivity contribution in [3.63, 3.8) is 0 Å². The summed E-state index contributed by atoms with van der Waals surface area (Å²) in [4.78, 5) is 15.2. The smallest absolute Gasteiger partial charge is 0.161 e. The number of rotatable bonds is 5. The van der Waals surface area contributed by atoms with Crippen LogP contribution < -0.4 is 15.4 Å². The van der Waals surface area contributed by atoms with Gasteiger partial charge < -0.3 is 10.5 Å². The van der Waals surface area contributed by atoms with E-state index in [-0.39, 0.29) is 35.4 Å². The summed E-state index contributed by atoms with van der Waals surface area (Å²) in [6.45, 7) is 4.14. The minimum absolute atomic E-state index is 0.0198. The lowest BCUT2D eigenvalue weighted by molar-refractivity contribution is -0.116. The Morgan fingerprint density at radius 3 is 2.34 bits per heavy atom. The lowest BCUT2D eigenvalue weighted by atomic mass is 9.73. The van der Waals surface area contributed by atoms with E-state index in [1.807, 2.05) is 26.0 Å². The fraction of sp³-hybridized carbons (Fsp3) is 0.226. The SMILES string of the molecule is Cc1cc(COc2ccc(F)cc2)c(C)c(C2C(C#N)=C(N)N(c3ccc(F)cc3)C3=C2C(=O)CCC3)c1. The zero-order valence-corrected chi connectivity index (χ0v) is 21.2. The van der Waals surface area contributed by atoms with Crippen LogP contribution in [0.3, 0.4) is 0 Å². The predicted molar refractivity (Wildman–Crippen MR) is 141 cm³/mol. The Kier molecular flexibility index (Phi) is 6.73. The Balaban J connectivity index is 1.62. The summed E-state index contributed by atoms with van der Waals surface area (Å²) in [5, 5.41) is 10.3. The van der Waals surface area contributed by atoms with Gasteiger partial charge >= 0.3 is 0 Å². The molecule has 0 saturated carbocycles. The average Bonchev–Trinajstić information content (AvgIpc) is 2.90. The molecule has 192 valence electrons. The minimum atomic E-state index is -0.621. The van der Waals surface area contributed by atoms with Crippen LogP contribution in [0, 0.1) is 36.8 Å². The summed E-state index contributed by atoms with van der Waals surface area (Å²) in [5.74, 6) is -0.588. The number of ketones is 1. The average molecular weight is 512 g/mol. The van der Waals surface area contributed by atoms with Crippen molar-refractivity contribution in [3.8, 4) is 11.8 Å². The van der Waals surface area contributed by atoms with E-state index < -0.39 is 5.92 Å². The van der Waals surface area contributed by atoms with Gasteiger partial charge in [-0.1, -0.05) is 17.7 Å². The molecule has 2 N–H and O–H groups in total. The Morgan fingerprint density at radius 2 is 1.68 bits per heavy atom. The summed E-state index contributed by atoms with van der Waals surface area (Å²) >= 11 is 0. The van der Waals surface area contributed by atoms with E-state index in [1.165, 1.54) is 24.3 Å². The van der Waals surface area contributed by atoms with Crippen LogP contribution in [0.4, 0.5) is 14.5 Å². The summed E-state index contributed by atoms with van der Waals surface area (Å²) in [5.41, 5.74) is 12.4.